The number of thiazole rings is 1. The lowest BCUT2D eigenvalue weighted by molar-refractivity contribution is -0.125. The summed E-state index contributed by atoms with van der Waals surface area (Å²) in [6, 6.07) is -0.111. The number of nitrogens with zero attached hydrogens (tertiary/aromatic N) is 2. The molecule has 0 aromatic carbocycles. The first-order chi connectivity index (χ1) is 11.6. The Labute approximate surface area is 145 Å². The van der Waals surface area contributed by atoms with Crippen molar-refractivity contribution in [2.45, 2.75) is 38.8 Å². The van der Waals surface area contributed by atoms with Gasteiger partial charge in [-0.05, 0) is 20.3 Å². The van der Waals surface area contributed by atoms with Gasteiger partial charge in [0.15, 0.2) is 4.96 Å². The van der Waals surface area contributed by atoms with Gasteiger partial charge in [-0.15, -0.1) is 11.3 Å². The highest BCUT2D eigenvalue weighted by molar-refractivity contribution is 7.15. The number of nitrogens with one attached hydrogen (secondary N) is 1. The molecule has 1 aliphatic heterocycles. The van der Waals surface area contributed by atoms with Crippen molar-refractivity contribution in [2.75, 3.05) is 19.8 Å². The zero-order valence-electron chi connectivity index (χ0n) is 14.0. The number of carbonyl (C=O) groups excluding carboxylic acids is 1. The zero-order chi connectivity index (χ0) is 16.9. The molecule has 0 unspecified atom stereocenters. The van der Waals surface area contributed by atoms with Crippen LogP contribution in [0.1, 0.15) is 26.0 Å². The number of imidazole rings is 1. The molecule has 1 N–H and O–H groups in total. The number of carbonyl (C=O) groups is 1. The molecule has 3 rings (SSSR count). The lowest BCUT2D eigenvalue weighted by atomic mass is 10.1. The summed E-state index contributed by atoms with van der Waals surface area (Å²) in [5.41, 5.74) is 2.00. The van der Waals surface area contributed by atoms with E-state index in [1.54, 1.807) is 11.3 Å². The van der Waals surface area contributed by atoms with Crippen molar-refractivity contribution in [3.8, 4) is 0 Å². The molecule has 2 aromatic rings. The summed E-state index contributed by atoms with van der Waals surface area (Å²) in [5, 5.41) is 5.01. The average molecular weight is 349 g/mol. The van der Waals surface area contributed by atoms with Crippen LogP contribution in [0.25, 0.3) is 4.96 Å². The molecule has 2 aromatic heterocycles. The summed E-state index contributed by atoms with van der Waals surface area (Å²) in [6.07, 6.45) is 6.94. The molecule has 0 saturated carbocycles. The van der Waals surface area contributed by atoms with Crippen molar-refractivity contribution < 1.29 is 14.3 Å². The van der Waals surface area contributed by atoms with Gasteiger partial charge >= 0.3 is 0 Å². The van der Waals surface area contributed by atoms with E-state index in [4.69, 9.17) is 9.47 Å². The van der Waals surface area contributed by atoms with E-state index >= 15 is 0 Å². The summed E-state index contributed by atoms with van der Waals surface area (Å²) >= 11 is 1.56. The van der Waals surface area contributed by atoms with Crippen molar-refractivity contribution in [1.29, 1.82) is 0 Å². The van der Waals surface area contributed by atoms with Gasteiger partial charge in [0.25, 0.3) is 0 Å². The fourth-order valence-electron chi connectivity index (χ4n) is 2.67. The van der Waals surface area contributed by atoms with E-state index in [0.717, 1.165) is 17.1 Å². The third-order valence-corrected chi connectivity index (χ3v) is 4.70. The molecule has 3 heterocycles. The Kier molecular flexibility index (Phi) is 5.65. The number of hydrogen-bond acceptors (Lipinski definition) is 5. The Morgan fingerprint density at radius 3 is 3.25 bits per heavy atom. The predicted octanol–water partition coefficient (Wildman–Crippen LogP) is 2.19. The number of fused-ring (bicyclic) bond motifs is 1. The van der Waals surface area contributed by atoms with Crippen LogP contribution < -0.4 is 5.32 Å². The molecule has 1 amide bonds. The summed E-state index contributed by atoms with van der Waals surface area (Å²) in [4.78, 5) is 17.7. The van der Waals surface area contributed by atoms with E-state index in [2.05, 4.69) is 10.3 Å². The predicted molar refractivity (Wildman–Crippen MR) is 93.3 cm³/mol. The van der Waals surface area contributed by atoms with E-state index in [1.165, 1.54) is 5.57 Å². The highest BCUT2D eigenvalue weighted by atomic mass is 32.1. The Morgan fingerprint density at radius 1 is 1.58 bits per heavy atom. The first-order valence-corrected chi connectivity index (χ1v) is 9.03. The van der Waals surface area contributed by atoms with E-state index < -0.39 is 0 Å². The molecule has 0 bridgehead atoms. The maximum absolute atomic E-state index is 12.3. The van der Waals surface area contributed by atoms with Crippen LogP contribution in [0.3, 0.4) is 0 Å². The molecular weight excluding hydrogens is 326 g/mol. The molecular formula is C17H23N3O3S. The maximum Gasteiger partial charge on any atom is 0.226 e. The fraction of sp³-hybridized carbons (Fsp3) is 0.529. The maximum atomic E-state index is 12.3. The monoisotopic (exact) mass is 349 g/mol. The first kappa shape index (κ1) is 17.1. The Hall–Kier alpha value is -1.70. The van der Waals surface area contributed by atoms with Gasteiger partial charge in [-0.3, -0.25) is 9.20 Å². The molecule has 1 saturated heterocycles. The molecule has 6 nitrogen and oxygen atoms in total. The summed E-state index contributed by atoms with van der Waals surface area (Å²) in [5.74, 6) is -0.0490. The van der Waals surface area contributed by atoms with Gasteiger partial charge in [-0.1, -0.05) is 11.6 Å². The molecule has 0 radical (unpaired) electrons. The second kappa shape index (κ2) is 7.92. The molecule has 0 spiro atoms. The van der Waals surface area contributed by atoms with Gasteiger partial charge in [0.05, 0.1) is 37.5 Å². The minimum absolute atomic E-state index is 0.0104. The van der Waals surface area contributed by atoms with Gasteiger partial charge in [-0.25, -0.2) is 4.98 Å². The zero-order valence-corrected chi connectivity index (χ0v) is 14.8. The van der Waals surface area contributed by atoms with Gasteiger partial charge < -0.3 is 14.8 Å². The normalized spacial score (nSPS) is 20.9. The van der Waals surface area contributed by atoms with Crippen LogP contribution in [0.4, 0.5) is 0 Å². The number of amides is 1. The van der Waals surface area contributed by atoms with E-state index in [1.807, 2.05) is 42.1 Å². The molecule has 24 heavy (non-hydrogen) atoms. The van der Waals surface area contributed by atoms with Crippen LogP contribution >= 0.6 is 11.3 Å². The minimum Gasteiger partial charge on any atom is -0.379 e. The lowest BCUT2D eigenvalue weighted by Crippen LogP contribution is -2.51. The van der Waals surface area contributed by atoms with E-state index in [-0.39, 0.29) is 24.5 Å². The SMILES string of the molecule is CC(C)=CCO[C@H]1CCOC[C@H]1NC(=O)Cc1cn2ccsc2n1. The topological polar surface area (TPSA) is 64.9 Å². The highest BCUT2D eigenvalue weighted by Crippen LogP contribution is 2.14. The number of rotatable bonds is 6. The van der Waals surface area contributed by atoms with E-state index in [9.17, 15) is 4.79 Å². The minimum atomic E-state index is -0.111. The van der Waals surface area contributed by atoms with Gasteiger partial charge in [0.1, 0.15) is 0 Å². The average Bonchev–Trinajstić information content (AvgIpc) is 3.09. The summed E-state index contributed by atoms with van der Waals surface area (Å²) in [6.45, 7) is 5.81. The Bertz CT molecular complexity index is 689. The van der Waals surface area contributed by atoms with Gasteiger partial charge in [0, 0.05) is 24.4 Å². The van der Waals surface area contributed by atoms with Crippen LogP contribution in [-0.4, -0.2) is 47.3 Å². The number of allylic oxidation sites excluding steroid dienone is 1. The third kappa shape index (κ3) is 4.43. The summed E-state index contributed by atoms with van der Waals surface area (Å²) < 4.78 is 13.3. The van der Waals surface area contributed by atoms with Crippen molar-refractivity contribution in [3.05, 3.63) is 35.1 Å². The number of ether oxygens (including phenoxy) is 2. The number of hydrogen-bond donors (Lipinski definition) is 1. The van der Waals surface area contributed by atoms with Crippen molar-refractivity contribution in [3.63, 3.8) is 0 Å². The quantitative estimate of drug-likeness (QED) is 0.812. The highest BCUT2D eigenvalue weighted by Gasteiger charge is 2.27. The van der Waals surface area contributed by atoms with Crippen LogP contribution in [0, 0.1) is 0 Å². The second-order valence-electron chi connectivity index (χ2n) is 6.19. The number of aromatic nitrogens is 2. The molecule has 1 aliphatic rings. The molecule has 1 fully saturated rings. The first-order valence-electron chi connectivity index (χ1n) is 8.15. The van der Waals surface area contributed by atoms with Crippen LogP contribution in [-0.2, 0) is 20.7 Å². The molecule has 0 aliphatic carbocycles. The smallest absolute Gasteiger partial charge is 0.226 e. The van der Waals surface area contributed by atoms with Crippen LogP contribution in [0.2, 0.25) is 0 Å². The van der Waals surface area contributed by atoms with Crippen molar-refractivity contribution in [1.82, 2.24) is 14.7 Å². The Balaban J connectivity index is 1.54. The van der Waals surface area contributed by atoms with Gasteiger partial charge in [-0.2, -0.15) is 0 Å². The van der Waals surface area contributed by atoms with Crippen LogP contribution in [0.5, 0.6) is 0 Å². The summed E-state index contributed by atoms with van der Waals surface area (Å²) in [7, 11) is 0. The largest absolute Gasteiger partial charge is 0.379 e. The molecule has 130 valence electrons. The van der Waals surface area contributed by atoms with E-state index in [0.29, 0.717) is 19.8 Å². The van der Waals surface area contributed by atoms with Crippen molar-refractivity contribution in [2.24, 2.45) is 0 Å². The fourth-order valence-corrected chi connectivity index (χ4v) is 3.39. The van der Waals surface area contributed by atoms with Crippen molar-refractivity contribution >= 4 is 22.2 Å². The molecule has 2 atom stereocenters. The Morgan fingerprint density at radius 2 is 2.46 bits per heavy atom. The van der Waals surface area contributed by atoms with Gasteiger partial charge in [0.2, 0.25) is 5.91 Å². The molecule has 7 heteroatoms. The van der Waals surface area contributed by atoms with Crippen LogP contribution in [0.15, 0.2) is 29.4 Å². The third-order valence-electron chi connectivity index (χ3n) is 3.93. The lowest BCUT2D eigenvalue weighted by Gasteiger charge is -2.31. The standard InChI is InChI=1S/C17H23N3O3S/c1-12(2)3-7-23-15-4-6-22-11-14(15)19-16(21)9-13-10-20-5-8-24-17(20)18-13/h3,5,8,10,14-15H,4,6-7,9,11H2,1-2H3,(H,19,21)/t14-,15+/m1/s1. The second-order valence-corrected chi connectivity index (χ2v) is 7.07.